The molecule has 0 radical (unpaired) electrons. The smallest absolute Gasteiger partial charge is 0.411 e. The molecule has 6 heterocycles. The number of nitrogens with zero attached hydrogens (tertiary/aromatic N) is 7. The molecule has 1 aliphatic rings. The zero-order valence-corrected chi connectivity index (χ0v) is 17.8. The van der Waals surface area contributed by atoms with E-state index in [9.17, 15) is 18.0 Å². The third-order valence-electron chi connectivity index (χ3n) is 5.75. The maximum atomic E-state index is 13.6. The highest BCUT2D eigenvalue weighted by Crippen LogP contribution is 2.36. The Balaban J connectivity index is 1.42. The monoisotopic (exact) mass is 480 g/mol. The number of imidazole rings is 1. The van der Waals surface area contributed by atoms with Gasteiger partial charge in [-0.3, -0.25) is 9.78 Å². The molecule has 0 aliphatic carbocycles. The molecule has 0 aromatic carbocycles. The first-order valence-corrected chi connectivity index (χ1v) is 10.5. The summed E-state index contributed by atoms with van der Waals surface area (Å²) in [6.07, 6.45) is -1.11. The zero-order chi connectivity index (χ0) is 24.2. The molecule has 6 rings (SSSR count). The number of carbonyl (C=O) groups excluding carboxylic acids is 1. The van der Waals surface area contributed by atoms with E-state index in [1.54, 1.807) is 24.4 Å². The maximum absolute atomic E-state index is 13.6. The van der Waals surface area contributed by atoms with Gasteiger partial charge in [0.1, 0.15) is 17.4 Å². The number of carbonyl (C=O) groups is 1. The van der Waals surface area contributed by atoms with Crippen LogP contribution in [0.5, 0.6) is 0 Å². The first-order chi connectivity index (χ1) is 16.9. The molecule has 0 bridgehead atoms. The van der Waals surface area contributed by atoms with Gasteiger partial charge in [-0.15, -0.1) is 10.2 Å². The van der Waals surface area contributed by atoms with Gasteiger partial charge in [-0.1, -0.05) is 12.1 Å². The summed E-state index contributed by atoms with van der Waals surface area (Å²) in [5.41, 5.74) is 1.21. The van der Waals surface area contributed by atoms with Gasteiger partial charge in [-0.25, -0.2) is 9.50 Å². The number of halogens is 3. The zero-order valence-electron chi connectivity index (χ0n) is 17.8. The number of hydrogen-bond acceptors (Lipinski definition) is 7. The van der Waals surface area contributed by atoms with Crippen molar-refractivity contribution < 1.29 is 22.4 Å². The summed E-state index contributed by atoms with van der Waals surface area (Å²) in [6.45, 7) is 0.236. The first-order valence-electron chi connectivity index (χ1n) is 10.5. The molecule has 5 aromatic rings. The van der Waals surface area contributed by atoms with Crippen LogP contribution in [0.25, 0.3) is 17.1 Å². The van der Waals surface area contributed by atoms with Gasteiger partial charge in [-0.2, -0.15) is 18.3 Å². The summed E-state index contributed by atoms with van der Waals surface area (Å²) in [5, 5.41) is 12.0. The summed E-state index contributed by atoms with van der Waals surface area (Å²) in [5.74, 6) is -0.786. The van der Waals surface area contributed by atoms with Crippen LogP contribution in [-0.4, -0.2) is 52.1 Å². The quantitative estimate of drug-likeness (QED) is 0.421. The van der Waals surface area contributed by atoms with Crippen molar-refractivity contribution in [1.82, 2.24) is 39.7 Å². The van der Waals surface area contributed by atoms with Crippen LogP contribution in [0, 0.1) is 0 Å². The fraction of sp³-hybridized carbons (Fsp3) is 0.182. The van der Waals surface area contributed by atoms with Gasteiger partial charge >= 0.3 is 18.0 Å². The van der Waals surface area contributed by atoms with Crippen LogP contribution >= 0.6 is 0 Å². The van der Waals surface area contributed by atoms with Crippen LogP contribution in [-0.2, 0) is 12.6 Å². The highest BCUT2D eigenvalue weighted by molar-refractivity contribution is 5.90. The number of H-pyrrole nitrogens is 1. The highest BCUT2D eigenvalue weighted by atomic mass is 19.4. The number of aromatic nitrogens is 7. The predicted octanol–water partition coefficient (Wildman–Crippen LogP) is 3.31. The van der Waals surface area contributed by atoms with Crippen molar-refractivity contribution in [2.45, 2.75) is 18.6 Å². The Kier molecular flexibility index (Phi) is 4.65. The molecule has 13 heteroatoms. The summed E-state index contributed by atoms with van der Waals surface area (Å²) in [4.78, 5) is 26.4. The molecule has 0 fully saturated rings. The van der Waals surface area contributed by atoms with Crippen molar-refractivity contribution in [3.8, 4) is 11.6 Å². The molecule has 35 heavy (non-hydrogen) atoms. The van der Waals surface area contributed by atoms with Gasteiger partial charge in [-0.05, 0) is 30.3 Å². The van der Waals surface area contributed by atoms with Gasteiger partial charge < -0.3 is 14.3 Å². The van der Waals surface area contributed by atoms with E-state index >= 15 is 0 Å². The fourth-order valence-corrected chi connectivity index (χ4v) is 4.20. The van der Waals surface area contributed by atoms with Gasteiger partial charge in [0.2, 0.25) is 0 Å². The van der Waals surface area contributed by atoms with Crippen molar-refractivity contribution in [3.05, 3.63) is 83.7 Å². The fourth-order valence-electron chi connectivity index (χ4n) is 4.20. The number of alkyl halides is 3. The second kappa shape index (κ2) is 7.75. The topological polar surface area (TPSA) is 118 Å². The molecule has 1 atom stereocenters. The Bertz CT molecular complexity index is 1540. The minimum absolute atomic E-state index is 0.0746. The van der Waals surface area contributed by atoms with Crippen molar-refractivity contribution in [3.63, 3.8) is 0 Å². The van der Waals surface area contributed by atoms with Crippen molar-refractivity contribution in [2.24, 2.45) is 0 Å². The molecular weight excluding hydrogens is 465 g/mol. The Morgan fingerprint density at radius 3 is 2.80 bits per heavy atom. The van der Waals surface area contributed by atoms with Crippen LogP contribution in [0.2, 0.25) is 0 Å². The molecule has 10 nitrogen and oxygen atoms in total. The van der Waals surface area contributed by atoms with Gasteiger partial charge in [0, 0.05) is 24.9 Å². The van der Waals surface area contributed by atoms with E-state index in [4.69, 9.17) is 4.42 Å². The molecule has 5 aromatic heterocycles. The van der Waals surface area contributed by atoms with Crippen molar-refractivity contribution >= 4 is 11.4 Å². The van der Waals surface area contributed by atoms with Crippen LogP contribution < -0.4 is 0 Å². The number of hydrogen-bond donors (Lipinski definition) is 1. The minimum atomic E-state index is -4.60. The number of pyridine rings is 2. The average Bonchev–Trinajstić information content (AvgIpc) is 3.61. The van der Waals surface area contributed by atoms with Crippen LogP contribution in [0.1, 0.15) is 39.5 Å². The summed E-state index contributed by atoms with van der Waals surface area (Å²) in [6, 6.07) is 9.56. The lowest BCUT2D eigenvalue weighted by Gasteiger charge is -2.32. The number of fused-ring (bicyclic) bond motifs is 2. The summed E-state index contributed by atoms with van der Waals surface area (Å²) in [7, 11) is 0. The third-order valence-corrected chi connectivity index (χ3v) is 5.75. The van der Waals surface area contributed by atoms with E-state index in [0.717, 1.165) is 16.3 Å². The van der Waals surface area contributed by atoms with Gasteiger partial charge in [0.15, 0.2) is 0 Å². The van der Waals surface area contributed by atoms with E-state index in [1.165, 1.54) is 29.4 Å². The first kappa shape index (κ1) is 21.0. The van der Waals surface area contributed by atoms with Gasteiger partial charge in [0.05, 0.1) is 23.2 Å². The lowest BCUT2D eigenvalue weighted by molar-refractivity contribution is -0.142. The van der Waals surface area contributed by atoms with Crippen molar-refractivity contribution in [1.29, 1.82) is 0 Å². The summed E-state index contributed by atoms with van der Waals surface area (Å²) < 4.78 is 47.1. The molecule has 1 amide bonds. The molecule has 0 spiro atoms. The second-order valence-electron chi connectivity index (χ2n) is 7.86. The number of rotatable bonds is 3. The highest BCUT2D eigenvalue weighted by Gasteiger charge is 2.39. The molecule has 0 saturated heterocycles. The SMILES string of the molecule is O=C(c1nnc(-c2ccccn2)o1)N1CCc2[nH]cnc2[C@H]1c1cc2cccc(C(F)(F)F)n2n1. The van der Waals surface area contributed by atoms with Crippen molar-refractivity contribution in [2.75, 3.05) is 6.54 Å². The largest absolute Gasteiger partial charge is 0.433 e. The molecule has 0 saturated carbocycles. The lowest BCUT2D eigenvalue weighted by atomic mass is 9.99. The van der Waals surface area contributed by atoms with E-state index in [-0.39, 0.29) is 29.5 Å². The Labute approximate surface area is 194 Å². The number of aromatic amines is 1. The number of nitrogens with one attached hydrogen (secondary N) is 1. The average molecular weight is 480 g/mol. The lowest BCUT2D eigenvalue weighted by Crippen LogP contribution is -2.41. The number of amides is 1. The molecule has 0 unspecified atom stereocenters. The molecule has 1 aliphatic heterocycles. The normalized spacial score (nSPS) is 16.0. The van der Waals surface area contributed by atoms with E-state index in [1.807, 2.05) is 0 Å². The Morgan fingerprint density at radius 2 is 2.00 bits per heavy atom. The molecule has 1 N–H and O–H groups in total. The van der Waals surface area contributed by atoms with E-state index in [2.05, 4.69) is 30.2 Å². The Hall–Kier alpha value is -4.55. The van der Waals surface area contributed by atoms with Crippen LogP contribution in [0.4, 0.5) is 13.2 Å². The van der Waals surface area contributed by atoms with E-state index < -0.39 is 23.8 Å². The minimum Gasteiger partial charge on any atom is -0.411 e. The van der Waals surface area contributed by atoms with Crippen LogP contribution in [0.15, 0.2) is 59.4 Å². The Morgan fingerprint density at radius 1 is 1.11 bits per heavy atom. The predicted molar refractivity (Wildman–Crippen MR) is 113 cm³/mol. The van der Waals surface area contributed by atoms with Crippen LogP contribution in [0.3, 0.4) is 0 Å². The second-order valence-corrected chi connectivity index (χ2v) is 7.86. The van der Waals surface area contributed by atoms with Gasteiger partial charge in [0.25, 0.3) is 5.89 Å². The molecule has 176 valence electrons. The molecular formula is C22H15F3N8O2. The standard InChI is InChI=1S/C22H15F3N8O2/c23-22(24,25)16-6-3-4-12-10-15(31-33(12)16)18-17-13(27-11-28-17)7-9-32(18)21(34)20-30-29-19(35-20)14-5-1-2-8-26-14/h1-6,8,10-11,18H,7,9H2,(H,27,28)/t18-/m1/s1. The third kappa shape index (κ3) is 3.52. The summed E-state index contributed by atoms with van der Waals surface area (Å²) >= 11 is 0. The van der Waals surface area contributed by atoms with E-state index in [0.29, 0.717) is 17.8 Å². The maximum Gasteiger partial charge on any atom is 0.433 e.